The van der Waals surface area contributed by atoms with Gasteiger partial charge in [0.1, 0.15) is 0 Å². The first-order valence-electron chi connectivity index (χ1n) is 4.96. The summed E-state index contributed by atoms with van der Waals surface area (Å²) in [6.07, 6.45) is 4.56. The van der Waals surface area contributed by atoms with Gasteiger partial charge in [-0.25, -0.2) is 4.68 Å². The standard InChI is InChI=1S/C7H9N3.2C2H6/c1-3-10-7(4-8)6(2)5-9-10;2*1-2/h3-5,8H,1H2,2H3;2*1-2H3. The largest absolute Gasteiger partial charge is 0.306 e. The van der Waals surface area contributed by atoms with Crippen LogP contribution in [0.15, 0.2) is 12.8 Å². The van der Waals surface area contributed by atoms with E-state index in [-0.39, 0.29) is 0 Å². The molecule has 0 aromatic carbocycles. The molecule has 0 aliphatic carbocycles. The fraction of sp³-hybridized carbons (Fsp3) is 0.455. The second-order valence-corrected chi connectivity index (χ2v) is 1.98. The van der Waals surface area contributed by atoms with E-state index in [1.54, 1.807) is 17.1 Å². The zero-order chi connectivity index (χ0) is 11.6. The summed E-state index contributed by atoms with van der Waals surface area (Å²) in [6, 6.07) is 0. The number of rotatable bonds is 2. The molecule has 0 amide bonds. The van der Waals surface area contributed by atoms with Crippen molar-refractivity contribution >= 4 is 12.4 Å². The van der Waals surface area contributed by atoms with Crippen LogP contribution in [-0.4, -0.2) is 16.0 Å². The first kappa shape index (κ1) is 15.1. The van der Waals surface area contributed by atoms with Gasteiger partial charge in [-0.2, -0.15) is 5.10 Å². The van der Waals surface area contributed by atoms with E-state index in [0.29, 0.717) is 0 Å². The maximum absolute atomic E-state index is 7.01. The molecule has 1 N–H and O–H groups in total. The Bertz CT molecular complexity index is 261. The summed E-state index contributed by atoms with van der Waals surface area (Å²) >= 11 is 0. The molecule has 0 aliphatic rings. The van der Waals surface area contributed by atoms with Crippen molar-refractivity contribution in [3.63, 3.8) is 0 Å². The Kier molecular flexibility index (Phi) is 10.5. The SMILES string of the molecule is C=Cn1ncc(C)c1C=N.CC.CC. The van der Waals surface area contributed by atoms with Crippen molar-refractivity contribution in [2.45, 2.75) is 34.6 Å². The highest BCUT2D eigenvalue weighted by molar-refractivity contribution is 5.77. The summed E-state index contributed by atoms with van der Waals surface area (Å²) < 4.78 is 1.57. The molecule has 0 radical (unpaired) electrons. The second-order valence-electron chi connectivity index (χ2n) is 1.98. The maximum atomic E-state index is 7.01. The smallest absolute Gasteiger partial charge is 0.0865 e. The van der Waals surface area contributed by atoms with Gasteiger partial charge in [-0.15, -0.1) is 0 Å². The number of hydrogen-bond donors (Lipinski definition) is 1. The highest BCUT2D eigenvalue weighted by atomic mass is 15.3. The summed E-state index contributed by atoms with van der Waals surface area (Å²) in [5.74, 6) is 0. The maximum Gasteiger partial charge on any atom is 0.0865 e. The van der Waals surface area contributed by atoms with E-state index in [1.807, 2.05) is 34.6 Å². The lowest BCUT2D eigenvalue weighted by molar-refractivity contribution is 0.928. The fourth-order valence-corrected chi connectivity index (χ4v) is 0.783. The average molecular weight is 195 g/mol. The molecule has 0 bridgehead atoms. The van der Waals surface area contributed by atoms with E-state index in [0.717, 1.165) is 11.3 Å². The van der Waals surface area contributed by atoms with Gasteiger partial charge in [-0.1, -0.05) is 34.3 Å². The van der Waals surface area contributed by atoms with Gasteiger partial charge in [-0.3, -0.25) is 0 Å². The molecule has 3 nitrogen and oxygen atoms in total. The van der Waals surface area contributed by atoms with E-state index >= 15 is 0 Å². The molecule has 1 aromatic rings. The van der Waals surface area contributed by atoms with Gasteiger partial charge < -0.3 is 5.41 Å². The van der Waals surface area contributed by atoms with Crippen molar-refractivity contribution in [2.24, 2.45) is 0 Å². The van der Waals surface area contributed by atoms with E-state index in [1.165, 1.54) is 6.21 Å². The summed E-state index contributed by atoms with van der Waals surface area (Å²) in [7, 11) is 0. The minimum atomic E-state index is 0.787. The third-order valence-corrected chi connectivity index (χ3v) is 1.34. The number of aromatic nitrogens is 2. The molecule has 0 saturated carbocycles. The Hall–Kier alpha value is -1.38. The highest BCUT2D eigenvalue weighted by Gasteiger charge is 1.99. The van der Waals surface area contributed by atoms with Crippen LogP contribution < -0.4 is 0 Å². The van der Waals surface area contributed by atoms with Gasteiger partial charge in [0, 0.05) is 12.4 Å². The lowest BCUT2D eigenvalue weighted by atomic mass is 10.3. The molecule has 1 rings (SSSR count). The normalized spacial score (nSPS) is 7.50. The molecule has 0 atom stereocenters. The molecule has 14 heavy (non-hydrogen) atoms. The third-order valence-electron chi connectivity index (χ3n) is 1.34. The molecule has 0 fully saturated rings. The number of nitrogens with zero attached hydrogens (tertiary/aromatic N) is 2. The molecule has 0 unspecified atom stereocenters. The van der Waals surface area contributed by atoms with Crippen molar-refractivity contribution in [3.8, 4) is 0 Å². The first-order valence-corrected chi connectivity index (χ1v) is 4.96. The van der Waals surface area contributed by atoms with Crippen LogP contribution in [0.4, 0.5) is 0 Å². The van der Waals surface area contributed by atoms with Crippen LogP contribution in [0.5, 0.6) is 0 Å². The van der Waals surface area contributed by atoms with E-state index < -0.39 is 0 Å². The molecule has 80 valence electrons. The first-order chi connectivity index (χ1) is 6.79. The topological polar surface area (TPSA) is 41.7 Å². The van der Waals surface area contributed by atoms with Gasteiger partial charge in [0.2, 0.25) is 0 Å². The molecule has 0 aliphatic heterocycles. The monoisotopic (exact) mass is 195 g/mol. The molecule has 0 spiro atoms. The summed E-state index contributed by atoms with van der Waals surface area (Å²) in [4.78, 5) is 0. The predicted molar refractivity (Wildman–Crippen MR) is 63.9 cm³/mol. The van der Waals surface area contributed by atoms with Gasteiger partial charge in [-0.05, 0) is 12.5 Å². The van der Waals surface area contributed by atoms with Crippen molar-refractivity contribution in [3.05, 3.63) is 24.0 Å². The molecule has 0 saturated heterocycles. The lowest BCUT2D eigenvalue weighted by Gasteiger charge is -1.93. The van der Waals surface area contributed by atoms with E-state index in [4.69, 9.17) is 5.41 Å². The van der Waals surface area contributed by atoms with E-state index in [2.05, 4.69) is 11.7 Å². The van der Waals surface area contributed by atoms with Crippen molar-refractivity contribution in [2.75, 3.05) is 0 Å². The number of hydrogen-bond acceptors (Lipinski definition) is 2. The summed E-state index contributed by atoms with van der Waals surface area (Å²) in [5.41, 5.74) is 1.78. The van der Waals surface area contributed by atoms with Crippen LogP contribution in [-0.2, 0) is 0 Å². The molecular formula is C11H21N3. The Morgan fingerprint density at radius 2 is 1.86 bits per heavy atom. The van der Waals surface area contributed by atoms with Crippen molar-refractivity contribution in [1.29, 1.82) is 5.41 Å². The Morgan fingerprint density at radius 1 is 1.36 bits per heavy atom. The van der Waals surface area contributed by atoms with Gasteiger partial charge in [0.15, 0.2) is 0 Å². The quantitative estimate of drug-likeness (QED) is 0.722. The highest BCUT2D eigenvalue weighted by Crippen LogP contribution is 2.02. The van der Waals surface area contributed by atoms with Crippen molar-refractivity contribution in [1.82, 2.24) is 9.78 Å². The third kappa shape index (κ3) is 4.03. The van der Waals surface area contributed by atoms with Crippen LogP contribution in [0.25, 0.3) is 6.20 Å². The van der Waals surface area contributed by atoms with Crippen molar-refractivity contribution < 1.29 is 0 Å². The Labute approximate surface area is 87.0 Å². The minimum absolute atomic E-state index is 0.787. The van der Waals surface area contributed by atoms with Gasteiger partial charge >= 0.3 is 0 Å². The van der Waals surface area contributed by atoms with Crippen LogP contribution in [0.2, 0.25) is 0 Å². The van der Waals surface area contributed by atoms with Gasteiger partial charge in [0.25, 0.3) is 0 Å². The zero-order valence-corrected chi connectivity index (χ0v) is 9.83. The second kappa shape index (κ2) is 9.71. The lowest BCUT2D eigenvalue weighted by Crippen LogP contribution is -1.94. The zero-order valence-electron chi connectivity index (χ0n) is 9.83. The van der Waals surface area contributed by atoms with Gasteiger partial charge in [0.05, 0.1) is 11.9 Å². The number of aryl methyl sites for hydroxylation is 1. The molecule has 1 aromatic heterocycles. The summed E-state index contributed by atoms with van der Waals surface area (Å²) in [6.45, 7) is 13.5. The Morgan fingerprint density at radius 3 is 2.14 bits per heavy atom. The Balaban J connectivity index is 0. The fourth-order valence-electron chi connectivity index (χ4n) is 0.783. The molecule has 3 heteroatoms. The summed E-state index contributed by atoms with van der Waals surface area (Å²) in [5, 5.41) is 11.0. The van der Waals surface area contributed by atoms with Crippen LogP contribution in [0.3, 0.4) is 0 Å². The predicted octanol–water partition coefficient (Wildman–Crippen LogP) is 3.34. The number of nitrogens with one attached hydrogen (secondary N) is 1. The van der Waals surface area contributed by atoms with Crippen LogP contribution in [0, 0.1) is 12.3 Å². The average Bonchev–Trinajstić information content (AvgIpc) is 2.64. The minimum Gasteiger partial charge on any atom is -0.306 e. The van der Waals surface area contributed by atoms with Crippen LogP contribution in [0.1, 0.15) is 39.0 Å². The molecule has 1 heterocycles. The van der Waals surface area contributed by atoms with E-state index in [9.17, 15) is 0 Å². The molecular weight excluding hydrogens is 174 g/mol. The van der Waals surface area contributed by atoms with Crippen LogP contribution >= 0.6 is 0 Å².